The van der Waals surface area contributed by atoms with Gasteiger partial charge in [0.1, 0.15) is 0 Å². The second-order valence-corrected chi connectivity index (χ2v) is 2.41. The van der Waals surface area contributed by atoms with E-state index in [0.29, 0.717) is 0 Å². The molecule has 0 spiro atoms. The summed E-state index contributed by atoms with van der Waals surface area (Å²) in [6.07, 6.45) is 8.49. The molecule has 3 radical (unpaired) electrons. The van der Waals surface area contributed by atoms with Crippen molar-refractivity contribution in [2.75, 3.05) is 0 Å². The van der Waals surface area contributed by atoms with E-state index in [1.165, 1.54) is 38.5 Å². The largest absolute Gasteiger partial charge is 0.344 e. The fourth-order valence-corrected chi connectivity index (χ4v) is 0.854. The fraction of sp³-hybridized carbons (Fsp3) is 1.00. The van der Waals surface area contributed by atoms with Crippen LogP contribution < -0.4 is 6.15 Å². The average molecular weight is 340 g/mol. The van der Waals surface area contributed by atoms with Crippen molar-refractivity contribution in [3.8, 4) is 0 Å². The van der Waals surface area contributed by atoms with Crippen LogP contribution in [0.4, 0.5) is 0 Å². The Labute approximate surface area is 84.7 Å². The Kier molecular flexibility index (Phi) is 28.1. The molecule has 0 saturated heterocycles. The molecule has 1 nitrogen and oxygen atoms in total. The molecule has 0 unspecified atom stereocenters. The maximum absolute atomic E-state index is 2.26. The van der Waals surface area contributed by atoms with Crippen LogP contribution in [0.1, 0.15) is 52.4 Å². The molecule has 0 heterocycles. The van der Waals surface area contributed by atoms with Gasteiger partial charge in [0.2, 0.25) is 0 Å². The minimum Gasteiger partial charge on any atom is -0.344 e. The molecule has 63 valence electrons. The molecule has 0 saturated carbocycles. The fourth-order valence-electron chi connectivity index (χ4n) is 0.854. The second kappa shape index (κ2) is 16.4. The van der Waals surface area contributed by atoms with Crippen molar-refractivity contribution in [3.63, 3.8) is 0 Å². The summed E-state index contributed by atoms with van der Waals surface area (Å²) in [5.41, 5.74) is 0. The Morgan fingerprint density at radius 2 is 1.00 bits per heavy atom. The number of unbranched alkanes of at least 4 members (excludes halogenated alkanes) is 5. The monoisotopic (exact) mass is 340 g/mol. The molecule has 0 aliphatic rings. The van der Waals surface area contributed by atoms with E-state index in [0.717, 1.165) is 0 Å². The van der Waals surface area contributed by atoms with E-state index in [4.69, 9.17) is 0 Å². The molecular formula is C8H21BiN. The van der Waals surface area contributed by atoms with Gasteiger partial charge >= 0.3 is 0 Å². The van der Waals surface area contributed by atoms with Gasteiger partial charge in [0.15, 0.2) is 0 Å². The maximum Gasteiger partial charge on any atom is 0 e. The van der Waals surface area contributed by atoms with Gasteiger partial charge in [-0.1, -0.05) is 52.4 Å². The Morgan fingerprint density at radius 1 is 0.700 bits per heavy atom. The Hall–Kier alpha value is 0.843. The van der Waals surface area contributed by atoms with Crippen LogP contribution in [0.25, 0.3) is 0 Å². The smallest absolute Gasteiger partial charge is 0 e. The van der Waals surface area contributed by atoms with E-state index in [1.54, 1.807) is 0 Å². The molecule has 0 aliphatic carbocycles. The van der Waals surface area contributed by atoms with Crippen molar-refractivity contribution in [2.45, 2.75) is 52.4 Å². The molecule has 0 aliphatic heterocycles. The molecule has 0 aromatic carbocycles. The van der Waals surface area contributed by atoms with E-state index in [9.17, 15) is 0 Å². The van der Waals surface area contributed by atoms with Crippen LogP contribution in [0, 0.1) is 0 Å². The third kappa shape index (κ3) is 15.9. The van der Waals surface area contributed by atoms with E-state index >= 15 is 0 Å². The first-order valence-corrected chi connectivity index (χ1v) is 3.91. The molecule has 0 atom stereocenters. The van der Waals surface area contributed by atoms with Crippen LogP contribution in [0.15, 0.2) is 0 Å². The van der Waals surface area contributed by atoms with Gasteiger partial charge in [-0.05, 0) is 0 Å². The van der Waals surface area contributed by atoms with Crippen molar-refractivity contribution in [2.24, 2.45) is 0 Å². The topological polar surface area (TPSA) is 35.0 Å². The van der Waals surface area contributed by atoms with E-state index in [-0.39, 0.29) is 32.4 Å². The van der Waals surface area contributed by atoms with E-state index in [2.05, 4.69) is 13.8 Å². The molecule has 3 N–H and O–H groups in total. The van der Waals surface area contributed by atoms with Gasteiger partial charge in [0, 0.05) is 26.2 Å². The number of rotatable bonds is 5. The predicted octanol–water partition coefficient (Wildman–Crippen LogP) is 3.15. The Bertz CT molecular complexity index is 34.2. The summed E-state index contributed by atoms with van der Waals surface area (Å²) >= 11 is 0. The molecule has 0 bridgehead atoms. The third-order valence-electron chi connectivity index (χ3n) is 1.46. The van der Waals surface area contributed by atoms with Crippen molar-refractivity contribution < 1.29 is 0 Å². The van der Waals surface area contributed by atoms with Gasteiger partial charge in [0.05, 0.1) is 0 Å². The number of hydrogen-bond acceptors (Lipinski definition) is 1. The normalized spacial score (nSPS) is 7.80. The molecular weight excluding hydrogens is 319 g/mol. The molecule has 0 aromatic rings. The Balaban J connectivity index is -0.000000245. The minimum atomic E-state index is 0. The van der Waals surface area contributed by atoms with Crippen LogP contribution in [-0.2, 0) is 0 Å². The van der Waals surface area contributed by atoms with Crippen molar-refractivity contribution in [1.82, 2.24) is 6.15 Å². The van der Waals surface area contributed by atoms with E-state index in [1.807, 2.05) is 0 Å². The van der Waals surface area contributed by atoms with Crippen LogP contribution >= 0.6 is 0 Å². The zero-order valence-corrected chi connectivity index (χ0v) is 10.9. The molecule has 0 aromatic heterocycles. The molecule has 0 fully saturated rings. The van der Waals surface area contributed by atoms with Gasteiger partial charge in [-0.2, -0.15) is 0 Å². The first kappa shape index (κ1) is 17.1. The SMILES string of the molecule is CCCCCCCC.N.[Bi]. The minimum absolute atomic E-state index is 0. The predicted molar refractivity (Wildman–Crippen MR) is 49.8 cm³/mol. The van der Waals surface area contributed by atoms with Gasteiger partial charge in [0.25, 0.3) is 0 Å². The van der Waals surface area contributed by atoms with Crippen molar-refractivity contribution in [1.29, 1.82) is 0 Å². The summed E-state index contributed by atoms with van der Waals surface area (Å²) in [5.74, 6) is 0. The summed E-state index contributed by atoms with van der Waals surface area (Å²) in [5, 5.41) is 0. The molecule has 10 heavy (non-hydrogen) atoms. The van der Waals surface area contributed by atoms with Gasteiger partial charge in [-0.3, -0.25) is 0 Å². The van der Waals surface area contributed by atoms with Gasteiger partial charge in [-0.25, -0.2) is 0 Å². The zero-order valence-electron chi connectivity index (χ0n) is 7.40. The standard InChI is InChI=1S/C8H18.Bi.H3N/c1-3-5-7-8-6-4-2;;/h3-8H2,1-2H3;;1H3. The summed E-state index contributed by atoms with van der Waals surface area (Å²) < 4.78 is 0. The third-order valence-corrected chi connectivity index (χ3v) is 1.46. The first-order valence-electron chi connectivity index (χ1n) is 3.91. The van der Waals surface area contributed by atoms with Crippen LogP contribution in [0.5, 0.6) is 0 Å². The van der Waals surface area contributed by atoms with Crippen molar-refractivity contribution in [3.05, 3.63) is 0 Å². The molecule has 2 heteroatoms. The van der Waals surface area contributed by atoms with Crippen LogP contribution in [0.2, 0.25) is 0 Å². The second-order valence-electron chi connectivity index (χ2n) is 2.41. The van der Waals surface area contributed by atoms with Gasteiger partial charge in [-0.15, -0.1) is 0 Å². The molecule has 0 amide bonds. The maximum atomic E-state index is 2.26. The van der Waals surface area contributed by atoms with Gasteiger partial charge < -0.3 is 6.15 Å². The van der Waals surface area contributed by atoms with Crippen LogP contribution in [-0.4, -0.2) is 26.2 Å². The summed E-state index contributed by atoms with van der Waals surface area (Å²) in [6, 6.07) is 0. The number of hydrogen-bond donors (Lipinski definition) is 1. The van der Waals surface area contributed by atoms with Crippen LogP contribution in [0.3, 0.4) is 0 Å². The summed E-state index contributed by atoms with van der Waals surface area (Å²) in [4.78, 5) is 0. The quantitative estimate of drug-likeness (QED) is 0.606. The van der Waals surface area contributed by atoms with Crippen molar-refractivity contribution >= 4 is 26.2 Å². The Morgan fingerprint density at radius 3 is 1.20 bits per heavy atom. The molecule has 0 rings (SSSR count). The van der Waals surface area contributed by atoms with E-state index < -0.39 is 0 Å². The summed E-state index contributed by atoms with van der Waals surface area (Å²) in [6.45, 7) is 4.51. The summed E-state index contributed by atoms with van der Waals surface area (Å²) in [7, 11) is 0. The zero-order chi connectivity index (χ0) is 6.24. The first-order chi connectivity index (χ1) is 3.91. The average Bonchev–Trinajstić information content (AvgIpc) is 1.81.